The van der Waals surface area contributed by atoms with Crippen molar-refractivity contribution >= 4 is 27.4 Å². The van der Waals surface area contributed by atoms with Crippen LogP contribution in [0.15, 0.2) is 0 Å². The Balaban J connectivity index is 2.66. The first kappa shape index (κ1) is 11.4. The molecule has 1 heterocycles. The van der Waals surface area contributed by atoms with Gasteiger partial charge in [0, 0.05) is 0 Å². The first-order valence-electron chi connectivity index (χ1n) is 3.94. The van der Waals surface area contributed by atoms with Crippen molar-refractivity contribution in [1.82, 2.24) is 0 Å². The monoisotopic (exact) mass is 248 g/mol. The first-order valence-corrected chi connectivity index (χ1v) is 9.42. The maximum absolute atomic E-state index is 12.7. The molecular weight excluding hydrogens is 237 g/mol. The molecule has 1 aliphatic heterocycles. The van der Waals surface area contributed by atoms with E-state index in [4.69, 9.17) is 4.12 Å². The van der Waals surface area contributed by atoms with Gasteiger partial charge in [-0.3, -0.25) is 0 Å². The van der Waals surface area contributed by atoms with Gasteiger partial charge in [-0.15, -0.1) is 0 Å². The number of rotatable bonds is 2. The zero-order valence-electron chi connectivity index (χ0n) is 7.35. The molecule has 0 aromatic heterocycles. The van der Waals surface area contributed by atoms with Gasteiger partial charge in [-0.05, 0) is 12.6 Å². The molecule has 78 valence electrons. The maximum Gasteiger partial charge on any atom is 0.744 e. The van der Waals surface area contributed by atoms with Crippen LogP contribution in [-0.4, -0.2) is 27.4 Å². The third kappa shape index (κ3) is 3.18. The Morgan fingerprint density at radius 1 is 1.31 bits per heavy atom. The Hall–Kier alpha value is 0.321. The van der Waals surface area contributed by atoms with Crippen molar-refractivity contribution in [1.29, 1.82) is 0 Å². The van der Waals surface area contributed by atoms with Gasteiger partial charge in [0.2, 0.25) is 0 Å². The number of halogens is 3. The van der Waals surface area contributed by atoms with E-state index >= 15 is 0 Å². The fourth-order valence-corrected chi connectivity index (χ4v) is 9.30. The summed E-state index contributed by atoms with van der Waals surface area (Å²) in [6.07, 6.45) is 0.647. The lowest BCUT2D eigenvalue weighted by Crippen LogP contribution is -2.59. The summed E-state index contributed by atoms with van der Waals surface area (Å²) in [5.74, 6) is 0. The van der Waals surface area contributed by atoms with Crippen LogP contribution in [0.25, 0.3) is 0 Å². The van der Waals surface area contributed by atoms with Gasteiger partial charge >= 0.3 is 27.4 Å². The zero-order chi connectivity index (χ0) is 10.1. The Bertz CT molecular complexity index is 195. The van der Waals surface area contributed by atoms with Crippen LogP contribution in [0.1, 0.15) is 13.3 Å². The summed E-state index contributed by atoms with van der Waals surface area (Å²) in [4.78, 5) is 0. The van der Waals surface area contributed by atoms with Gasteiger partial charge in [0.05, 0.1) is 0 Å². The molecule has 1 rings (SSSR count). The fourth-order valence-electron chi connectivity index (χ4n) is 1.19. The molecule has 0 spiro atoms. The van der Waals surface area contributed by atoms with Crippen LogP contribution in [0.3, 0.4) is 0 Å². The number of hydrogen-bond donors (Lipinski definition) is 0. The van der Waals surface area contributed by atoms with Crippen molar-refractivity contribution in [2.75, 3.05) is 0 Å². The van der Waals surface area contributed by atoms with Gasteiger partial charge in [-0.1, -0.05) is 13.3 Å². The minimum absolute atomic E-state index is 0.381. The molecule has 3 nitrogen and oxygen atoms in total. The quantitative estimate of drug-likeness (QED) is 0.549. The summed E-state index contributed by atoms with van der Waals surface area (Å²) in [5.41, 5.74) is 0. The molecule has 13 heavy (non-hydrogen) atoms. The molecule has 0 bridgehead atoms. The topological polar surface area (TPSA) is 27.7 Å². The summed E-state index contributed by atoms with van der Waals surface area (Å²) in [5, 5.41) is 0. The van der Waals surface area contributed by atoms with Crippen LogP contribution in [0.4, 0.5) is 12.3 Å². The average Bonchev–Trinajstić information content (AvgIpc) is 1.78. The molecule has 1 fully saturated rings. The standard InChI is InChI=1S/C4H11F3O3Si3/c1-3-4-12(2)8-11(5)9-13(6,7)10-12/h11H,3-4H2,1-2H3. The molecule has 1 saturated heterocycles. The summed E-state index contributed by atoms with van der Waals surface area (Å²) in [6, 6.07) is 0.381. The van der Waals surface area contributed by atoms with E-state index in [9.17, 15) is 12.3 Å². The highest BCUT2D eigenvalue weighted by Gasteiger charge is 2.59. The molecule has 0 aliphatic carbocycles. The summed E-state index contributed by atoms with van der Waals surface area (Å²) >= 11 is 0. The van der Waals surface area contributed by atoms with E-state index in [1.165, 1.54) is 6.55 Å². The fraction of sp³-hybridized carbons (Fsp3) is 1.00. The molecule has 0 aromatic rings. The summed E-state index contributed by atoms with van der Waals surface area (Å²) in [6.45, 7) is 3.27. The van der Waals surface area contributed by atoms with Crippen LogP contribution >= 0.6 is 0 Å². The highest BCUT2D eigenvalue weighted by atomic mass is 28.6. The molecule has 2 atom stereocenters. The molecule has 9 heteroatoms. The van der Waals surface area contributed by atoms with E-state index in [-0.39, 0.29) is 0 Å². The smallest absolute Gasteiger partial charge is 0.393 e. The minimum Gasteiger partial charge on any atom is -0.393 e. The lowest BCUT2D eigenvalue weighted by atomic mass is 10.6. The van der Waals surface area contributed by atoms with Crippen molar-refractivity contribution in [3.8, 4) is 0 Å². The van der Waals surface area contributed by atoms with Gasteiger partial charge < -0.3 is 12.3 Å². The third-order valence-electron chi connectivity index (χ3n) is 1.61. The Morgan fingerprint density at radius 2 is 1.92 bits per heavy atom. The Labute approximate surface area is 78.7 Å². The highest BCUT2D eigenvalue weighted by molar-refractivity contribution is 6.83. The van der Waals surface area contributed by atoms with E-state index in [1.807, 2.05) is 6.92 Å². The predicted octanol–water partition coefficient (Wildman–Crippen LogP) is 1.59. The van der Waals surface area contributed by atoms with Gasteiger partial charge in [-0.2, -0.15) is 0 Å². The van der Waals surface area contributed by atoms with E-state index in [1.54, 1.807) is 0 Å². The normalized spacial score (nSPS) is 39.0. The molecule has 0 radical (unpaired) electrons. The van der Waals surface area contributed by atoms with Crippen LogP contribution in [0.5, 0.6) is 0 Å². The Morgan fingerprint density at radius 3 is 2.38 bits per heavy atom. The second kappa shape index (κ2) is 3.82. The predicted molar refractivity (Wildman–Crippen MR) is 46.2 cm³/mol. The molecule has 0 amide bonds. The van der Waals surface area contributed by atoms with E-state index in [2.05, 4.69) is 8.23 Å². The second-order valence-electron chi connectivity index (χ2n) is 2.96. The lowest BCUT2D eigenvalue weighted by molar-refractivity contribution is 0.137. The molecule has 2 unspecified atom stereocenters. The van der Waals surface area contributed by atoms with E-state index in [0.29, 0.717) is 12.5 Å². The van der Waals surface area contributed by atoms with Gasteiger partial charge in [0.25, 0.3) is 0 Å². The van der Waals surface area contributed by atoms with Crippen LogP contribution in [-0.2, 0) is 12.3 Å². The minimum atomic E-state index is -5.20. The largest absolute Gasteiger partial charge is 0.744 e. The Kier molecular flexibility index (Phi) is 3.35. The zero-order valence-corrected chi connectivity index (χ0v) is 10.5. The molecule has 0 aromatic carbocycles. The van der Waals surface area contributed by atoms with E-state index in [0.717, 1.165) is 0 Å². The van der Waals surface area contributed by atoms with Crippen LogP contribution in [0.2, 0.25) is 12.6 Å². The van der Waals surface area contributed by atoms with E-state index < -0.39 is 27.4 Å². The number of hydrogen-bond acceptors (Lipinski definition) is 3. The molecule has 1 aliphatic rings. The van der Waals surface area contributed by atoms with Crippen molar-refractivity contribution < 1.29 is 24.7 Å². The van der Waals surface area contributed by atoms with Crippen molar-refractivity contribution in [2.24, 2.45) is 0 Å². The van der Waals surface area contributed by atoms with Gasteiger partial charge in [0.15, 0.2) is 0 Å². The summed E-state index contributed by atoms with van der Waals surface area (Å²) < 4.78 is 51.2. The average molecular weight is 248 g/mol. The first-order chi connectivity index (χ1) is 5.87. The van der Waals surface area contributed by atoms with Crippen molar-refractivity contribution in [2.45, 2.75) is 25.9 Å². The molecule has 0 saturated carbocycles. The second-order valence-corrected chi connectivity index (χ2v) is 9.90. The van der Waals surface area contributed by atoms with Crippen LogP contribution < -0.4 is 0 Å². The summed E-state index contributed by atoms with van der Waals surface area (Å²) in [7, 11) is -11.8. The highest BCUT2D eigenvalue weighted by Crippen LogP contribution is 2.30. The van der Waals surface area contributed by atoms with Gasteiger partial charge in [-0.25, -0.2) is 12.3 Å². The SMILES string of the molecule is CCC[Si]1(C)O[SiH](F)O[Si](F)(F)O1. The molecular formula is C4H11F3O3Si3. The third-order valence-corrected chi connectivity index (χ3v) is 10.3. The van der Waals surface area contributed by atoms with Crippen molar-refractivity contribution in [3.63, 3.8) is 0 Å². The van der Waals surface area contributed by atoms with Gasteiger partial charge in [0.1, 0.15) is 0 Å². The lowest BCUT2D eigenvalue weighted by Gasteiger charge is -2.35. The van der Waals surface area contributed by atoms with Crippen molar-refractivity contribution in [3.05, 3.63) is 0 Å². The molecule has 0 N–H and O–H groups in total. The van der Waals surface area contributed by atoms with Crippen LogP contribution in [0, 0.1) is 0 Å². The maximum atomic E-state index is 12.7.